The standard InChI is InChI=1S/C15H29N3O6/c1-9(2)7-11(12(19)16-5)15(22,24-6)13(20)18(23)14(21)17-8-10(3)4/h9-11,22-23H,7-8H2,1-6H3,(H,16,19)(H,17,21)/t11-,15-/m0/s1. The highest BCUT2D eigenvalue weighted by Gasteiger charge is 2.51. The van der Waals surface area contributed by atoms with E-state index in [9.17, 15) is 24.7 Å². The van der Waals surface area contributed by atoms with Gasteiger partial charge in [0.05, 0.1) is 0 Å². The molecule has 140 valence electrons. The van der Waals surface area contributed by atoms with Gasteiger partial charge in [-0.2, -0.15) is 0 Å². The SMILES string of the molecule is CNC(=O)[C@H](CC(C)C)[C@](O)(OC)C(=O)N(O)C(=O)NCC(C)C. The molecule has 2 atom stereocenters. The highest BCUT2D eigenvalue weighted by atomic mass is 16.6. The van der Waals surface area contributed by atoms with Crippen LogP contribution in [0.25, 0.3) is 0 Å². The predicted octanol–water partition coefficient (Wildman–Crippen LogP) is 0.313. The van der Waals surface area contributed by atoms with Crippen LogP contribution in [0.5, 0.6) is 0 Å². The first kappa shape index (κ1) is 22.3. The van der Waals surface area contributed by atoms with Crippen LogP contribution >= 0.6 is 0 Å². The van der Waals surface area contributed by atoms with E-state index in [0.29, 0.717) is 0 Å². The zero-order valence-electron chi connectivity index (χ0n) is 15.1. The van der Waals surface area contributed by atoms with Gasteiger partial charge in [-0.05, 0) is 18.3 Å². The fraction of sp³-hybridized carbons (Fsp3) is 0.800. The molecule has 0 unspecified atom stereocenters. The average Bonchev–Trinajstić information content (AvgIpc) is 2.54. The Morgan fingerprint density at radius 2 is 1.71 bits per heavy atom. The summed E-state index contributed by atoms with van der Waals surface area (Å²) in [5.74, 6) is -6.00. The van der Waals surface area contributed by atoms with Crippen molar-refractivity contribution in [3.8, 4) is 0 Å². The number of rotatable bonds is 8. The molecule has 0 rings (SSSR count). The van der Waals surface area contributed by atoms with Gasteiger partial charge in [-0.3, -0.25) is 14.8 Å². The number of imide groups is 1. The van der Waals surface area contributed by atoms with Gasteiger partial charge in [0.25, 0.3) is 5.79 Å². The summed E-state index contributed by atoms with van der Waals surface area (Å²) in [4.78, 5) is 36.3. The normalized spacial score (nSPS) is 14.9. The van der Waals surface area contributed by atoms with Gasteiger partial charge in [-0.15, -0.1) is 5.06 Å². The first-order valence-corrected chi connectivity index (χ1v) is 7.81. The van der Waals surface area contributed by atoms with E-state index < -0.39 is 29.6 Å². The van der Waals surface area contributed by atoms with Crippen molar-refractivity contribution < 1.29 is 29.4 Å². The Labute approximate surface area is 142 Å². The van der Waals surface area contributed by atoms with Crippen molar-refractivity contribution in [2.45, 2.75) is 39.9 Å². The number of nitrogens with one attached hydrogen (secondary N) is 2. The fourth-order valence-electron chi connectivity index (χ4n) is 2.08. The molecule has 0 fully saturated rings. The van der Waals surface area contributed by atoms with Gasteiger partial charge < -0.3 is 20.5 Å². The van der Waals surface area contributed by atoms with Gasteiger partial charge in [0, 0.05) is 20.7 Å². The lowest BCUT2D eigenvalue weighted by atomic mass is 9.87. The largest absolute Gasteiger partial charge is 0.359 e. The number of hydrogen-bond acceptors (Lipinski definition) is 6. The minimum absolute atomic E-state index is 0.0521. The lowest BCUT2D eigenvalue weighted by Crippen LogP contribution is -2.60. The van der Waals surface area contributed by atoms with E-state index in [4.69, 9.17) is 4.74 Å². The molecule has 0 aromatic heterocycles. The highest BCUT2D eigenvalue weighted by Crippen LogP contribution is 2.27. The van der Waals surface area contributed by atoms with E-state index in [-0.39, 0.29) is 29.9 Å². The van der Waals surface area contributed by atoms with E-state index in [1.165, 1.54) is 7.05 Å². The first-order chi connectivity index (χ1) is 11.0. The predicted molar refractivity (Wildman–Crippen MR) is 85.8 cm³/mol. The zero-order valence-corrected chi connectivity index (χ0v) is 15.1. The number of hydrogen-bond donors (Lipinski definition) is 4. The van der Waals surface area contributed by atoms with Crippen LogP contribution in [0, 0.1) is 17.8 Å². The maximum absolute atomic E-state index is 12.4. The second-order valence-electron chi connectivity index (χ2n) is 6.39. The van der Waals surface area contributed by atoms with E-state index >= 15 is 0 Å². The van der Waals surface area contributed by atoms with E-state index in [1.807, 2.05) is 13.8 Å². The lowest BCUT2D eigenvalue weighted by Gasteiger charge is -2.34. The van der Waals surface area contributed by atoms with Crippen LogP contribution in [0.15, 0.2) is 0 Å². The molecule has 0 aromatic carbocycles. The van der Waals surface area contributed by atoms with Crippen molar-refractivity contribution >= 4 is 17.8 Å². The number of hydroxylamine groups is 2. The summed E-state index contributed by atoms with van der Waals surface area (Å²) in [5.41, 5.74) is 0. The molecular formula is C15H29N3O6. The molecule has 0 aliphatic heterocycles. The Hall–Kier alpha value is -1.71. The van der Waals surface area contributed by atoms with Crippen LogP contribution < -0.4 is 10.6 Å². The lowest BCUT2D eigenvalue weighted by molar-refractivity contribution is -0.241. The third-order valence-corrected chi connectivity index (χ3v) is 3.41. The third kappa shape index (κ3) is 5.73. The number of ether oxygens (including phenoxy) is 1. The van der Waals surface area contributed by atoms with E-state index in [2.05, 4.69) is 10.6 Å². The van der Waals surface area contributed by atoms with Crippen LogP contribution in [0.1, 0.15) is 34.1 Å². The average molecular weight is 347 g/mol. The third-order valence-electron chi connectivity index (χ3n) is 3.41. The molecule has 0 saturated heterocycles. The molecule has 0 heterocycles. The summed E-state index contributed by atoms with van der Waals surface area (Å²) >= 11 is 0. The number of methoxy groups -OCH3 is 1. The maximum atomic E-state index is 12.4. The van der Waals surface area contributed by atoms with Crippen LogP contribution in [0.3, 0.4) is 0 Å². The van der Waals surface area contributed by atoms with Crippen molar-refractivity contribution in [2.75, 3.05) is 20.7 Å². The Bertz CT molecular complexity index is 454. The zero-order chi connectivity index (χ0) is 19.1. The fourth-order valence-corrected chi connectivity index (χ4v) is 2.08. The molecule has 4 N–H and O–H groups in total. The highest BCUT2D eigenvalue weighted by molar-refractivity contribution is 5.99. The van der Waals surface area contributed by atoms with Crippen molar-refractivity contribution in [2.24, 2.45) is 17.8 Å². The van der Waals surface area contributed by atoms with Crippen molar-refractivity contribution in [1.82, 2.24) is 15.7 Å². The second kappa shape index (κ2) is 9.55. The Balaban J connectivity index is 5.44. The number of nitrogens with zero attached hydrogens (tertiary/aromatic N) is 1. The molecule has 9 nitrogen and oxygen atoms in total. The van der Waals surface area contributed by atoms with E-state index in [1.54, 1.807) is 13.8 Å². The topological polar surface area (TPSA) is 128 Å². The molecule has 0 radical (unpaired) electrons. The van der Waals surface area contributed by atoms with Crippen LogP contribution in [0.4, 0.5) is 4.79 Å². The Morgan fingerprint density at radius 1 is 1.17 bits per heavy atom. The van der Waals surface area contributed by atoms with E-state index in [0.717, 1.165) is 7.11 Å². The van der Waals surface area contributed by atoms with Crippen LogP contribution in [-0.4, -0.2) is 59.7 Å². The maximum Gasteiger partial charge on any atom is 0.348 e. The Kier molecular flexibility index (Phi) is 8.87. The quantitative estimate of drug-likeness (QED) is 0.284. The molecule has 0 aromatic rings. The molecule has 0 aliphatic carbocycles. The smallest absolute Gasteiger partial charge is 0.348 e. The monoisotopic (exact) mass is 347 g/mol. The van der Waals surface area contributed by atoms with Gasteiger partial charge in [0.2, 0.25) is 5.91 Å². The molecule has 0 saturated carbocycles. The van der Waals surface area contributed by atoms with Gasteiger partial charge in [-0.25, -0.2) is 4.79 Å². The minimum atomic E-state index is -2.67. The van der Waals surface area contributed by atoms with Crippen molar-refractivity contribution in [3.05, 3.63) is 0 Å². The number of carbonyl (C=O) groups excluding carboxylic acids is 3. The second-order valence-corrected chi connectivity index (χ2v) is 6.39. The molecular weight excluding hydrogens is 318 g/mol. The molecule has 24 heavy (non-hydrogen) atoms. The first-order valence-electron chi connectivity index (χ1n) is 7.81. The van der Waals surface area contributed by atoms with Gasteiger partial charge in [0.1, 0.15) is 5.92 Å². The Morgan fingerprint density at radius 3 is 2.08 bits per heavy atom. The summed E-state index contributed by atoms with van der Waals surface area (Å²) in [6, 6.07) is -1.11. The van der Waals surface area contributed by atoms with Crippen LogP contribution in [0.2, 0.25) is 0 Å². The van der Waals surface area contributed by atoms with Crippen molar-refractivity contribution in [1.29, 1.82) is 0 Å². The van der Waals surface area contributed by atoms with Gasteiger partial charge >= 0.3 is 11.9 Å². The molecule has 0 spiro atoms. The molecule has 9 heteroatoms. The van der Waals surface area contributed by atoms with Crippen molar-refractivity contribution in [3.63, 3.8) is 0 Å². The molecule has 4 amide bonds. The molecule has 0 aliphatic rings. The summed E-state index contributed by atoms with van der Waals surface area (Å²) < 4.78 is 4.85. The van der Waals surface area contributed by atoms with Gasteiger partial charge in [0.15, 0.2) is 0 Å². The number of aliphatic hydroxyl groups is 1. The number of carbonyl (C=O) groups is 3. The van der Waals surface area contributed by atoms with Gasteiger partial charge in [-0.1, -0.05) is 27.7 Å². The molecule has 0 bridgehead atoms. The summed E-state index contributed by atoms with van der Waals surface area (Å²) in [6.45, 7) is 7.48. The van der Waals surface area contributed by atoms with Crippen LogP contribution in [-0.2, 0) is 14.3 Å². The summed E-state index contributed by atoms with van der Waals surface area (Å²) in [6.07, 6.45) is 0.108. The number of amides is 4. The summed E-state index contributed by atoms with van der Waals surface area (Å²) in [5, 5.41) is 24.8. The summed E-state index contributed by atoms with van der Waals surface area (Å²) in [7, 11) is 2.37. The number of urea groups is 1. The minimum Gasteiger partial charge on any atom is -0.359 e.